The van der Waals surface area contributed by atoms with Crippen molar-refractivity contribution >= 4 is 15.5 Å². The number of anilines is 1. The van der Waals surface area contributed by atoms with Gasteiger partial charge in [0, 0.05) is 24.3 Å². The highest BCUT2D eigenvalue weighted by Gasteiger charge is 2.28. The van der Waals surface area contributed by atoms with Crippen molar-refractivity contribution in [2.24, 2.45) is 0 Å². The molecule has 4 nitrogen and oxygen atoms in total. The maximum Gasteiger partial charge on any atom is 0.154 e. The highest BCUT2D eigenvalue weighted by Crippen LogP contribution is 2.23. The highest BCUT2D eigenvalue weighted by atomic mass is 32.2. The van der Waals surface area contributed by atoms with Gasteiger partial charge in [-0.2, -0.15) is 0 Å². The zero-order valence-electron chi connectivity index (χ0n) is 11.8. The van der Waals surface area contributed by atoms with Gasteiger partial charge in [-0.05, 0) is 38.6 Å². The van der Waals surface area contributed by atoms with E-state index < -0.39 is 9.84 Å². The van der Waals surface area contributed by atoms with Crippen molar-refractivity contribution in [2.75, 3.05) is 30.0 Å². The summed E-state index contributed by atoms with van der Waals surface area (Å²) in [7, 11) is -0.909. The third-order valence-electron chi connectivity index (χ3n) is 3.83. The first-order valence-electron chi connectivity index (χ1n) is 6.67. The first-order valence-corrected chi connectivity index (χ1v) is 8.49. The third kappa shape index (κ3) is 3.28. The van der Waals surface area contributed by atoms with E-state index in [0.29, 0.717) is 12.6 Å². The third-order valence-corrected chi connectivity index (χ3v) is 5.62. The summed E-state index contributed by atoms with van der Waals surface area (Å²) in [6.07, 6.45) is 0. The van der Waals surface area contributed by atoms with E-state index >= 15 is 0 Å². The lowest BCUT2D eigenvalue weighted by Crippen LogP contribution is -2.47. The molecular weight excluding hydrogens is 260 g/mol. The molecule has 1 fully saturated rings. The maximum absolute atomic E-state index is 11.6. The molecule has 1 aliphatic rings. The van der Waals surface area contributed by atoms with Crippen LogP contribution in [0.4, 0.5) is 5.69 Å². The van der Waals surface area contributed by atoms with E-state index in [9.17, 15) is 8.42 Å². The molecule has 1 saturated heterocycles. The summed E-state index contributed by atoms with van der Waals surface area (Å²) in [5.41, 5.74) is 2.35. The molecule has 2 unspecified atom stereocenters. The molecule has 0 bridgehead atoms. The van der Waals surface area contributed by atoms with Crippen LogP contribution in [0.5, 0.6) is 0 Å². The Morgan fingerprint density at radius 3 is 2.47 bits per heavy atom. The summed E-state index contributed by atoms with van der Waals surface area (Å²) in [6.45, 7) is 4.68. The molecule has 1 aromatic carbocycles. The van der Waals surface area contributed by atoms with Gasteiger partial charge in [0.15, 0.2) is 9.84 Å². The summed E-state index contributed by atoms with van der Waals surface area (Å²) < 4.78 is 23.2. The van der Waals surface area contributed by atoms with Crippen molar-refractivity contribution in [3.05, 3.63) is 29.8 Å². The van der Waals surface area contributed by atoms with E-state index in [4.69, 9.17) is 0 Å². The van der Waals surface area contributed by atoms with Crippen molar-refractivity contribution < 1.29 is 8.42 Å². The second-order valence-electron chi connectivity index (χ2n) is 5.26. The molecule has 0 aliphatic carbocycles. The molecular formula is C14H22N2O2S. The predicted octanol–water partition coefficient (Wildman–Crippen LogP) is 1.59. The Bertz CT molecular complexity index is 525. The van der Waals surface area contributed by atoms with Crippen LogP contribution in [0.3, 0.4) is 0 Å². The molecule has 106 valence electrons. The van der Waals surface area contributed by atoms with Crippen molar-refractivity contribution in [3.63, 3.8) is 0 Å². The fourth-order valence-electron chi connectivity index (χ4n) is 2.50. The van der Waals surface area contributed by atoms with Gasteiger partial charge in [-0.15, -0.1) is 0 Å². The molecule has 0 spiro atoms. The Labute approximate surface area is 115 Å². The van der Waals surface area contributed by atoms with Crippen LogP contribution >= 0.6 is 0 Å². The minimum Gasteiger partial charge on any atom is -0.367 e. The number of benzene rings is 1. The summed E-state index contributed by atoms with van der Waals surface area (Å²) >= 11 is 0. The number of hydrogen-bond donors (Lipinski definition) is 1. The Kier molecular flexibility index (Phi) is 4.16. The van der Waals surface area contributed by atoms with Crippen LogP contribution in [0.25, 0.3) is 0 Å². The van der Waals surface area contributed by atoms with E-state index in [1.54, 1.807) is 0 Å². The Balaban J connectivity index is 2.15. The topological polar surface area (TPSA) is 49.4 Å². The Hall–Kier alpha value is -1.07. The van der Waals surface area contributed by atoms with Gasteiger partial charge in [0.25, 0.3) is 0 Å². The molecule has 19 heavy (non-hydrogen) atoms. The minimum absolute atomic E-state index is 0.0475. The lowest BCUT2D eigenvalue weighted by Gasteiger charge is -2.35. The zero-order chi connectivity index (χ0) is 14.0. The van der Waals surface area contributed by atoms with Crippen LogP contribution in [0, 0.1) is 0 Å². The summed E-state index contributed by atoms with van der Waals surface area (Å²) in [4.78, 5) is 2.18. The van der Waals surface area contributed by atoms with Crippen LogP contribution in [-0.4, -0.2) is 39.6 Å². The van der Waals surface area contributed by atoms with Crippen LogP contribution in [0.2, 0.25) is 0 Å². The molecule has 2 rings (SSSR count). The largest absolute Gasteiger partial charge is 0.367 e. The quantitative estimate of drug-likeness (QED) is 0.914. The Morgan fingerprint density at radius 1 is 1.32 bits per heavy atom. The monoisotopic (exact) mass is 282 g/mol. The second-order valence-corrected chi connectivity index (χ2v) is 7.49. The van der Waals surface area contributed by atoms with Crippen molar-refractivity contribution in [1.82, 2.24) is 5.32 Å². The molecule has 0 aromatic heterocycles. The first-order chi connectivity index (χ1) is 8.93. The van der Waals surface area contributed by atoms with Gasteiger partial charge < -0.3 is 10.2 Å². The smallest absolute Gasteiger partial charge is 0.154 e. The number of nitrogens with zero attached hydrogens (tertiary/aromatic N) is 1. The molecule has 1 N–H and O–H groups in total. The van der Waals surface area contributed by atoms with Gasteiger partial charge in [-0.3, -0.25) is 0 Å². The van der Waals surface area contributed by atoms with Crippen molar-refractivity contribution in [2.45, 2.75) is 25.9 Å². The van der Waals surface area contributed by atoms with Gasteiger partial charge in [-0.1, -0.05) is 12.1 Å². The molecule has 0 saturated carbocycles. The van der Waals surface area contributed by atoms with Gasteiger partial charge in [0.05, 0.1) is 11.5 Å². The number of nitrogens with one attached hydrogen (secondary N) is 1. The summed E-state index contributed by atoms with van der Waals surface area (Å²) in [5, 5.41) is 3.21. The highest BCUT2D eigenvalue weighted by molar-refractivity contribution is 7.91. The molecule has 1 heterocycles. The number of rotatable bonds is 3. The number of sulfone groups is 1. The lowest BCUT2D eigenvalue weighted by molar-refractivity contribution is 0.568. The second kappa shape index (κ2) is 5.51. The van der Waals surface area contributed by atoms with E-state index in [1.807, 2.05) is 14.0 Å². The van der Waals surface area contributed by atoms with Gasteiger partial charge in [0.1, 0.15) is 0 Å². The summed E-state index contributed by atoms with van der Waals surface area (Å²) in [6, 6.07) is 8.74. The Morgan fingerprint density at radius 2 is 1.95 bits per heavy atom. The molecule has 1 aliphatic heterocycles. The van der Waals surface area contributed by atoms with Gasteiger partial charge in [-0.25, -0.2) is 8.42 Å². The van der Waals surface area contributed by atoms with E-state index in [-0.39, 0.29) is 17.5 Å². The number of hydrogen-bond acceptors (Lipinski definition) is 4. The standard InChI is InChI=1S/C14H22N2O2S/c1-11-10-19(17,18)9-8-16(11)14-6-4-13(5-7-14)12(2)15-3/h4-7,11-12,15H,8-10H2,1-3H3. The fourth-order valence-corrected chi connectivity index (χ4v) is 4.06. The van der Waals surface area contributed by atoms with Crippen LogP contribution < -0.4 is 10.2 Å². The lowest BCUT2D eigenvalue weighted by atomic mass is 10.1. The minimum atomic E-state index is -2.85. The first kappa shape index (κ1) is 14.3. The molecule has 1 aromatic rings. The van der Waals surface area contributed by atoms with E-state index in [0.717, 1.165) is 5.69 Å². The predicted molar refractivity (Wildman–Crippen MR) is 79.4 cm³/mol. The van der Waals surface area contributed by atoms with Crippen LogP contribution in [0.1, 0.15) is 25.5 Å². The zero-order valence-corrected chi connectivity index (χ0v) is 12.6. The summed E-state index contributed by atoms with van der Waals surface area (Å²) in [5.74, 6) is 0.508. The van der Waals surface area contributed by atoms with Crippen LogP contribution in [0.15, 0.2) is 24.3 Å². The fraction of sp³-hybridized carbons (Fsp3) is 0.571. The average Bonchev–Trinajstić information content (AvgIpc) is 2.37. The van der Waals surface area contributed by atoms with E-state index in [2.05, 4.69) is 41.4 Å². The molecule has 2 atom stereocenters. The maximum atomic E-state index is 11.6. The van der Waals surface area contributed by atoms with Gasteiger partial charge in [0.2, 0.25) is 0 Å². The van der Waals surface area contributed by atoms with E-state index in [1.165, 1.54) is 5.56 Å². The molecule has 0 radical (unpaired) electrons. The van der Waals surface area contributed by atoms with Crippen LogP contribution in [-0.2, 0) is 9.84 Å². The van der Waals surface area contributed by atoms with Gasteiger partial charge >= 0.3 is 0 Å². The average molecular weight is 282 g/mol. The molecule has 5 heteroatoms. The van der Waals surface area contributed by atoms with Crippen molar-refractivity contribution in [3.8, 4) is 0 Å². The SMILES string of the molecule is CNC(C)c1ccc(N2CCS(=O)(=O)CC2C)cc1. The van der Waals surface area contributed by atoms with Crippen molar-refractivity contribution in [1.29, 1.82) is 0 Å². The molecule has 0 amide bonds. The normalized spacial score (nSPS) is 24.2.